The highest BCUT2D eigenvalue weighted by Gasteiger charge is 2.58. The smallest absolute Gasteiger partial charge is 0.319 e. The lowest BCUT2D eigenvalue weighted by Gasteiger charge is -2.20. The summed E-state index contributed by atoms with van der Waals surface area (Å²) < 4.78 is 1.01. The lowest BCUT2D eigenvalue weighted by molar-refractivity contribution is -0.153. The van der Waals surface area contributed by atoms with E-state index in [1.807, 2.05) is 11.4 Å². The first kappa shape index (κ1) is 12.6. The molecular weight excluding hydrogens is 306 g/mol. The van der Waals surface area contributed by atoms with Crippen molar-refractivity contribution in [3.05, 3.63) is 20.8 Å². The van der Waals surface area contributed by atoms with E-state index < -0.39 is 11.4 Å². The molecule has 0 aliphatic heterocycles. The first-order valence-corrected chi connectivity index (χ1v) is 6.85. The van der Waals surface area contributed by atoms with Crippen LogP contribution in [0.3, 0.4) is 0 Å². The van der Waals surface area contributed by atoms with Crippen molar-refractivity contribution in [2.75, 3.05) is 7.05 Å². The average molecular weight is 318 g/mol. The molecule has 0 aromatic carbocycles. The number of rotatable bonds is 4. The number of carboxylic acids is 1. The second-order valence-corrected chi connectivity index (χ2v) is 6.60. The fraction of sp³-hybridized carbons (Fsp3) is 0.455. The van der Waals surface area contributed by atoms with Gasteiger partial charge in [-0.15, -0.1) is 11.3 Å². The van der Waals surface area contributed by atoms with E-state index in [1.54, 1.807) is 18.4 Å². The summed E-state index contributed by atoms with van der Waals surface area (Å²) in [5.74, 6) is -1.28. The summed E-state index contributed by atoms with van der Waals surface area (Å²) in [5.41, 5.74) is -0.124. The fourth-order valence-electron chi connectivity index (χ4n) is 1.78. The Kier molecular flexibility index (Phi) is 3.27. The average Bonchev–Trinajstić information content (AvgIpc) is 2.98. The van der Waals surface area contributed by atoms with Gasteiger partial charge < -0.3 is 10.0 Å². The molecule has 1 heterocycles. The highest BCUT2D eigenvalue weighted by molar-refractivity contribution is 9.11. The number of carbonyl (C=O) groups is 2. The van der Waals surface area contributed by atoms with E-state index in [2.05, 4.69) is 15.9 Å². The summed E-state index contributed by atoms with van der Waals surface area (Å²) in [6, 6.07) is 1.94. The summed E-state index contributed by atoms with van der Waals surface area (Å²) >= 11 is 4.91. The molecule has 1 saturated carbocycles. The number of halogens is 1. The Balaban J connectivity index is 2.03. The maximum atomic E-state index is 12.0. The molecule has 1 fully saturated rings. The molecule has 1 aliphatic carbocycles. The number of carbonyl (C=O) groups excluding carboxylic acids is 1. The van der Waals surface area contributed by atoms with Crippen molar-refractivity contribution in [2.24, 2.45) is 5.41 Å². The summed E-state index contributed by atoms with van der Waals surface area (Å²) in [7, 11) is 1.65. The third-order valence-corrected chi connectivity index (χ3v) is 4.51. The van der Waals surface area contributed by atoms with Gasteiger partial charge in [-0.1, -0.05) is 0 Å². The summed E-state index contributed by atoms with van der Waals surface area (Å²) in [6.07, 6.45) is 0.914. The van der Waals surface area contributed by atoms with Crippen LogP contribution in [0.1, 0.15) is 18.4 Å². The Morgan fingerprint density at radius 2 is 2.24 bits per heavy atom. The monoisotopic (exact) mass is 317 g/mol. The maximum absolute atomic E-state index is 12.0. The largest absolute Gasteiger partial charge is 0.480 e. The van der Waals surface area contributed by atoms with Crippen LogP contribution in [0, 0.1) is 5.41 Å². The second kappa shape index (κ2) is 4.42. The van der Waals surface area contributed by atoms with Crippen LogP contribution in [0.2, 0.25) is 0 Å². The number of aliphatic carboxylic acids is 1. The minimum absolute atomic E-state index is 0.285. The van der Waals surface area contributed by atoms with E-state index >= 15 is 0 Å². The van der Waals surface area contributed by atoms with Crippen LogP contribution in [0.4, 0.5) is 0 Å². The first-order valence-electron chi connectivity index (χ1n) is 5.17. The van der Waals surface area contributed by atoms with Crippen molar-refractivity contribution >= 4 is 39.1 Å². The number of nitrogens with zero attached hydrogens (tertiary/aromatic N) is 1. The first-order chi connectivity index (χ1) is 7.95. The minimum atomic E-state index is -1.14. The Morgan fingerprint density at radius 1 is 1.59 bits per heavy atom. The van der Waals surface area contributed by atoms with Crippen LogP contribution < -0.4 is 0 Å². The molecule has 0 spiro atoms. The molecule has 1 aromatic rings. The number of hydrogen-bond acceptors (Lipinski definition) is 3. The highest BCUT2D eigenvalue weighted by Crippen LogP contribution is 2.47. The number of hydrogen-bond donors (Lipinski definition) is 1. The fourth-order valence-corrected chi connectivity index (χ4v) is 2.98. The molecule has 6 heteroatoms. The van der Waals surface area contributed by atoms with E-state index in [-0.39, 0.29) is 5.91 Å². The SMILES string of the molecule is CN(Cc1csc(Br)c1)C(=O)C1(C(=O)O)CC1. The van der Waals surface area contributed by atoms with Gasteiger partial charge in [0.2, 0.25) is 5.91 Å². The zero-order valence-corrected chi connectivity index (χ0v) is 11.7. The molecule has 1 N–H and O–H groups in total. The molecule has 1 amide bonds. The minimum Gasteiger partial charge on any atom is -0.480 e. The van der Waals surface area contributed by atoms with Gasteiger partial charge in [0, 0.05) is 13.6 Å². The van der Waals surface area contributed by atoms with Gasteiger partial charge in [-0.05, 0) is 45.8 Å². The highest BCUT2D eigenvalue weighted by atomic mass is 79.9. The van der Waals surface area contributed by atoms with Gasteiger partial charge in [-0.2, -0.15) is 0 Å². The van der Waals surface area contributed by atoms with Crippen LogP contribution in [0.15, 0.2) is 15.2 Å². The molecule has 2 rings (SSSR count). The molecular formula is C11H12BrNO3S. The van der Waals surface area contributed by atoms with Crippen molar-refractivity contribution in [2.45, 2.75) is 19.4 Å². The van der Waals surface area contributed by atoms with Crippen molar-refractivity contribution in [3.8, 4) is 0 Å². The van der Waals surface area contributed by atoms with Gasteiger partial charge in [-0.3, -0.25) is 9.59 Å². The Hall–Kier alpha value is -0.880. The summed E-state index contributed by atoms with van der Waals surface area (Å²) in [6.45, 7) is 0.454. The zero-order valence-electron chi connectivity index (χ0n) is 9.27. The van der Waals surface area contributed by atoms with Gasteiger partial charge in [-0.25, -0.2) is 0 Å². The Labute approximate surface area is 111 Å². The normalized spacial score (nSPS) is 16.6. The van der Waals surface area contributed by atoms with Gasteiger partial charge >= 0.3 is 5.97 Å². The lowest BCUT2D eigenvalue weighted by Crippen LogP contribution is -2.38. The molecule has 0 saturated heterocycles. The molecule has 0 bridgehead atoms. The van der Waals surface area contributed by atoms with Gasteiger partial charge in [0.1, 0.15) is 5.41 Å². The predicted molar refractivity (Wildman–Crippen MR) is 67.8 cm³/mol. The van der Waals surface area contributed by atoms with Gasteiger partial charge in [0.25, 0.3) is 0 Å². The quantitative estimate of drug-likeness (QED) is 0.867. The van der Waals surface area contributed by atoms with Crippen LogP contribution in [-0.2, 0) is 16.1 Å². The van der Waals surface area contributed by atoms with Crippen molar-refractivity contribution in [1.82, 2.24) is 4.90 Å². The lowest BCUT2D eigenvalue weighted by atomic mass is 10.1. The molecule has 92 valence electrons. The molecule has 0 radical (unpaired) electrons. The standard InChI is InChI=1S/C11H12BrNO3S/c1-13(5-7-4-8(12)17-6-7)9(14)11(2-3-11)10(15)16/h4,6H,2-3,5H2,1H3,(H,15,16). The molecule has 0 atom stereocenters. The maximum Gasteiger partial charge on any atom is 0.319 e. The van der Waals surface area contributed by atoms with Crippen LogP contribution in [-0.4, -0.2) is 28.9 Å². The van der Waals surface area contributed by atoms with Gasteiger partial charge in [0.05, 0.1) is 3.79 Å². The number of amides is 1. The van der Waals surface area contributed by atoms with Crippen LogP contribution in [0.5, 0.6) is 0 Å². The summed E-state index contributed by atoms with van der Waals surface area (Å²) in [4.78, 5) is 24.5. The van der Waals surface area contributed by atoms with Gasteiger partial charge in [0.15, 0.2) is 0 Å². The molecule has 1 aliphatic rings. The summed E-state index contributed by atoms with van der Waals surface area (Å²) in [5, 5.41) is 11.0. The van der Waals surface area contributed by atoms with E-state index in [9.17, 15) is 9.59 Å². The second-order valence-electron chi connectivity index (χ2n) is 4.31. The van der Waals surface area contributed by atoms with E-state index in [1.165, 1.54) is 4.90 Å². The van der Waals surface area contributed by atoms with Crippen molar-refractivity contribution in [3.63, 3.8) is 0 Å². The third-order valence-electron chi connectivity index (χ3n) is 2.96. The Morgan fingerprint density at radius 3 is 2.65 bits per heavy atom. The van der Waals surface area contributed by atoms with Crippen molar-refractivity contribution < 1.29 is 14.7 Å². The van der Waals surface area contributed by atoms with Crippen LogP contribution in [0.25, 0.3) is 0 Å². The molecule has 1 aromatic heterocycles. The predicted octanol–water partition coefficient (Wildman–Crippen LogP) is 2.33. The van der Waals surface area contributed by atoms with E-state index in [0.29, 0.717) is 19.4 Å². The van der Waals surface area contributed by atoms with E-state index in [4.69, 9.17) is 5.11 Å². The Bertz CT molecular complexity index is 467. The van der Waals surface area contributed by atoms with Crippen molar-refractivity contribution in [1.29, 1.82) is 0 Å². The molecule has 0 unspecified atom stereocenters. The topological polar surface area (TPSA) is 57.6 Å². The van der Waals surface area contributed by atoms with Crippen LogP contribution >= 0.6 is 27.3 Å². The van der Waals surface area contributed by atoms with E-state index in [0.717, 1.165) is 9.35 Å². The zero-order chi connectivity index (χ0) is 12.6. The molecule has 4 nitrogen and oxygen atoms in total. The third kappa shape index (κ3) is 2.37. The molecule has 17 heavy (non-hydrogen) atoms. The number of carboxylic acid groups (broad SMARTS) is 1. The number of thiophene rings is 1.